The fourth-order valence-corrected chi connectivity index (χ4v) is 2.74. The van der Waals surface area contributed by atoms with Gasteiger partial charge >= 0.3 is 0 Å². The lowest BCUT2D eigenvalue weighted by Gasteiger charge is -2.06. The first-order chi connectivity index (χ1) is 12.8. The second-order valence-corrected chi connectivity index (χ2v) is 5.81. The minimum atomic E-state index is 0.750. The van der Waals surface area contributed by atoms with Crippen LogP contribution in [0.3, 0.4) is 0 Å². The van der Waals surface area contributed by atoms with Crippen molar-refractivity contribution in [1.29, 1.82) is 0 Å². The van der Waals surface area contributed by atoms with Crippen molar-refractivity contribution in [2.45, 2.75) is 0 Å². The molecule has 0 aliphatic heterocycles. The summed E-state index contributed by atoms with van der Waals surface area (Å²) in [7, 11) is 1.65. The first kappa shape index (κ1) is 16.0. The van der Waals surface area contributed by atoms with Crippen LogP contribution in [0.5, 0.6) is 5.75 Å². The SMILES string of the molecule is COc1ccc(-c2c/c(=N\Nc3ccccc3)c3ccccc3o2)cc1. The fourth-order valence-electron chi connectivity index (χ4n) is 2.74. The highest BCUT2D eigenvalue weighted by atomic mass is 16.5. The zero-order valence-electron chi connectivity index (χ0n) is 14.3. The number of para-hydroxylation sites is 2. The van der Waals surface area contributed by atoms with Gasteiger partial charge in [-0.05, 0) is 48.5 Å². The van der Waals surface area contributed by atoms with E-state index >= 15 is 0 Å². The third-order valence-electron chi connectivity index (χ3n) is 4.10. The normalized spacial score (nSPS) is 11.5. The van der Waals surface area contributed by atoms with Crippen molar-refractivity contribution in [3.8, 4) is 17.1 Å². The Bertz CT molecular complexity index is 1080. The van der Waals surface area contributed by atoms with Crippen LogP contribution in [0.1, 0.15) is 0 Å². The Hall–Kier alpha value is -3.53. The number of anilines is 1. The highest BCUT2D eigenvalue weighted by Gasteiger charge is 2.06. The maximum Gasteiger partial charge on any atom is 0.136 e. The Labute approximate surface area is 151 Å². The van der Waals surface area contributed by atoms with E-state index in [1.165, 1.54) is 0 Å². The summed E-state index contributed by atoms with van der Waals surface area (Å²) < 4.78 is 11.3. The number of benzene rings is 3. The first-order valence-corrected chi connectivity index (χ1v) is 8.35. The number of hydrogen-bond acceptors (Lipinski definition) is 4. The van der Waals surface area contributed by atoms with E-state index in [0.717, 1.165) is 39.1 Å². The molecule has 0 atom stereocenters. The van der Waals surface area contributed by atoms with E-state index in [2.05, 4.69) is 10.5 Å². The van der Waals surface area contributed by atoms with Crippen molar-refractivity contribution >= 4 is 16.7 Å². The van der Waals surface area contributed by atoms with Crippen molar-refractivity contribution in [2.24, 2.45) is 5.10 Å². The molecule has 4 heteroatoms. The molecule has 0 radical (unpaired) electrons. The summed E-state index contributed by atoms with van der Waals surface area (Å²) >= 11 is 0. The molecule has 0 unspecified atom stereocenters. The van der Waals surface area contributed by atoms with Gasteiger partial charge < -0.3 is 9.15 Å². The van der Waals surface area contributed by atoms with E-state index in [0.29, 0.717) is 0 Å². The number of nitrogens with one attached hydrogen (secondary N) is 1. The van der Waals surface area contributed by atoms with Crippen LogP contribution >= 0.6 is 0 Å². The lowest BCUT2D eigenvalue weighted by atomic mass is 10.1. The van der Waals surface area contributed by atoms with Crippen molar-refractivity contribution in [3.05, 3.63) is 90.3 Å². The second-order valence-electron chi connectivity index (χ2n) is 5.81. The molecule has 0 fully saturated rings. The summed E-state index contributed by atoms with van der Waals surface area (Å²) in [6, 6.07) is 27.5. The minimum absolute atomic E-state index is 0.750. The second kappa shape index (κ2) is 7.15. The van der Waals surface area contributed by atoms with Gasteiger partial charge in [-0.2, -0.15) is 5.10 Å². The van der Waals surface area contributed by atoms with E-state index in [1.54, 1.807) is 7.11 Å². The van der Waals surface area contributed by atoms with Crippen molar-refractivity contribution < 1.29 is 9.15 Å². The molecule has 128 valence electrons. The van der Waals surface area contributed by atoms with E-state index in [9.17, 15) is 0 Å². The summed E-state index contributed by atoms with van der Waals surface area (Å²) in [5, 5.41) is 6.36. The molecular weight excluding hydrogens is 324 g/mol. The number of ether oxygens (including phenoxy) is 1. The third kappa shape index (κ3) is 3.30. The third-order valence-corrected chi connectivity index (χ3v) is 4.10. The number of nitrogens with zero attached hydrogens (tertiary/aromatic N) is 1. The van der Waals surface area contributed by atoms with Crippen LogP contribution in [-0.2, 0) is 0 Å². The van der Waals surface area contributed by atoms with Gasteiger partial charge in [-0.15, -0.1) is 0 Å². The summed E-state index contributed by atoms with van der Waals surface area (Å²) in [4.78, 5) is 0. The fraction of sp³-hybridized carbons (Fsp3) is 0.0455. The van der Waals surface area contributed by atoms with Gasteiger partial charge in [-0.3, -0.25) is 5.43 Å². The molecule has 0 spiro atoms. The summed E-state index contributed by atoms with van der Waals surface area (Å²) in [5.74, 6) is 1.56. The summed E-state index contributed by atoms with van der Waals surface area (Å²) in [5.41, 5.74) is 5.80. The molecule has 1 N–H and O–H groups in total. The van der Waals surface area contributed by atoms with Gasteiger partial charge in [0.05, 0.1) is 18.2 Å². The molecule has 0 saturated carbocycles. The molecule has 0 aliphatic carbocycles. The van der Waals surface area contributed by atoms with Crippen molar-refractivity contribution in [2.75, 3.05) is 12.5 Å². The maximum atomic E-state index is 6.09. The van der Waals surface area contributed by atoms with Gasteiger partial charge in [-0.1, -0.05) is 30.3 Å². The van der Waals surface area contributed by atoms with Crippen LogP contribution in [-0.4, -0.2) is 7.11 Å². The van der Waals surface area contributed by atoms with Crippen LogP contribution in [0.4, 0.5) is 5.69 Å². The molecule has 26 heavy (non-hydrogen) atoms. The van der Waals surface area contributed by atoms with Gasteiger partial charge in [0.15, 0.2) is 0 Å². The van der Waals surface area contributed by atoms with E-state index in [1.807, 2.05) is 84.9 Å². The molecule has 1 aromatic heterocycles. The van der Waals surface area contributed by atoms with Crippen LogP contribution in [0, 0.1) is 0 Å². The standard InChI is InChI=1S/C22H18N2O2/c1-25-18-13-11-16(12-14-18)22-15-20(19-9-5-6-10-21(19)26-22)24-23-17-7-3-2-4-8-17/h2-15,23H,1H3/b24-20+. The molecule has 4 aromatic rings. The van der Waals surface area contributed by atoms with Gasteiger partial charge in [0, 0.05) is 17.0 Å². The quantitative estimate of drug-likeness (QED) is 0.529. The molecule has 3 aromatic carbocycles. The van der Waals surface area contributed by atoms with Crippen molar-refractivity contribution in [1.82, 2.24) is 0 Å². The number of hydrogen-bond donors (Lipinski definition) is 1. The van der Waals surface area contributed by atoms with Gasteiger partial charge in [-0.25, -0.2) is 0 Å². The van der Waals surface area contributed by atoms with E-state index < -0.39 is 0 Å². The number of fused-ring (bicyclic) bond motifs is 1. The van der Waals surface area contributed by atoms with Crippen LogP contribution in [0.25, 0.3) is 22.3 Å². The molecule has 0 amide bonds. The van der Waals surface area contributed by atoms with Gasteiger partial charge in [0.1, 0.15) is 17.1 Å². The van der Waals surface area contributed by atoms with E-state index in [4.69, 9.17) is 9.15 Å². The maximum absolute atomic E-state index is 6.09. The molecule has 0 bridgehead atoms. The highest BCUT2D eigenvalue weighted by Crippen LogP contribution is 2.24. The van der Waals surface area contributed by atoms with Crippen LogP contribution < -0.4 is 15.5 Å². The first-order valence-electron chi connectivity index (χ1n) is 8.35. The minimum Gasteiger partial charge on any atom is -0.497 e. The zero-order chi connectivity index (χ0) is 17.8. The highest BCUT2D eigenvalue weighted by molar-refractivity contribution is 5.78. The van der Waals surface area contributed by atoms with Crippen molar-refractivity contribution in [3.63, 3.8) is 0 Å². The number of rotatable bonds is 4. The predicted octanol–water partition coefficient (Wildman–Crippen LogP) is 5.04. The lowest BCUT2D eigenvalue weighted by molar-refractivity contribution is 0.415. The molecule has 4 rings (SSSR count). The summed E-state index contributed by atoms with van der Waals surface area (Å²) in [6.45, 7) is 0. The molecule has 1 heterocycles. The van der Waals surface area contributed by atoms with Gasteiger partial charge in [0.25, 0.3) is 0 Å². The monoisotopic (exact) mass is 342 g/mol. The Kier molecular flexibility index (Phi) is 4.39. The zero-order valence-corrected chi connectivity index (χ0v) is 14.3. The molecular formula is C22H18N2O2. The lowest BCUT2D eigenvalue weighted by Crippen LogP contribution is -2.07. The Morgan fingerprint density at radius 2 is 1.58 bits per heavy atom. The molecule has 0 aliphatic rings. The average molecular weight is 342 g/mol. The molecule has 0 saturated heterocycles. The average Bonchev–Trinajstić information content (AvgIpc) is 2.72. The Balaban J connectivity index is 1.82. The van der Waals surface area contributed by atoms with E-state index in [-0.39, 0.29) is 0 Å². The smallest absolute Gasteiger partial charge is 0.136 e. The van der Waals surface area contributed by atoms with Gasteiger partial charge in [0.2, 0.25) is 0 Å². The Morgan fingerprint density at radius 3 is 2.35 bits per heavy atom. The van der Waals surface area contributed by atoms with Crippen LogP contribution in [0.2, 0.25) is 0 Å². The Morgan fingerprint density at radius 1 is 0.846 bits per heavy atom. The molecule has 4 nitrogen and oxygen atoms in total. The summed E-state index contributed by atoms with van der Waals surface area (Å²) in [6.07, 6.45) is 0. The number of methoxy groups -OCH3 is 1. The van der Waals surface area contributed by atoms with Crippen LogP contribution in [0.15, 0.2) is 94.4 Å². The topological polar surface area (TPSA) is 46.8 Å². The largest absolute Gasteiger partial charge is 0.497 e. The predicted molar refractivity (Wildman–Crippen MR) is 104 cm³/mol.